The summed E-state index contributed by atoms with van der Waals surface area (Å²) >= 11 is 0. The van der Waals surface area contributed by atoms with E-state index in [0.29, 0.717) is 5.56 Å². The second-order valence-electron chi connectivity index (χ2n) is 4.68. The van der Waals surface area contributed by atoms with Gasteiger partial charge in [-0.1, -0.05) is 26.0 Å². The molecule has 0 saturated carbocycles. The fraction of sp³-hybridized carbons (Fsp3) is 0.462. The van der Waals surface area contributed by atoms with Crippen LogP contribution in [0, 0.1) is 5.92 Å². The third kappa shape index (κ3) is 4.55. The first-order valence-electron chi connectivity index (χ1n) is 5.91. The predicted molar refractivity (Wildman–Crippen MR) is 66.1 cm³/mol. The summed E-state index contributed by atoms with van der Waals surface area (Å²) in [4.78, 5) is 11.6. The summed E-state index contributed by atoms with van der Waals surface area (Å²) in [5.41, 5.74) is 5.53. The average molecular weight is 274 g/mol. The molecular formula is C13H17F3N2O. The SMILES string of the molecule is CC(C)[C@H](N)C(=O)NCc1ccc(C(F)(F)F)cc1. The lowest BCUT2D eigenvalue weighted by molar-refractivity contribution is -0.137. The third-order valence-electron chi connectivity index (χ3n) is 2.77. The summed E-state index contributed by atoms with van der Waals surface area (Å²) in [6, 6.07) is 4.04. The number of amides is 1. The summed E-state index contributed by atoms with van der Waals surface area (Å²) in [5.74, 6) is -0.303. The molecule has 0 aliphatic carbocycles. The standard InChI is InChI=1S/C13H17F3N2O/c1-8(2)11(17)12(19)18-7-9-3-5-10(6-4-9)13(14,15)16/h3-6,8,11H,7,17H2,1-2H3,(H,18,19)/t11-/m0/s1. The van der Waals surface area contributed by atoms with Crippen LogP contribution >= 0.6 is 0 Å². The zero-order chi connectivity index (χ0) is 14.6. The number of hydrogen-bond acceptors (Lipinski definition) is 2. The lowest BCUT2D eigenvalue weighted by Gasteiger charge is -2.15. The van der Waals surface area contributed by atoms with Gasteiger partial charge in [0.1, 0.15) is 0 Å². The minimum atomic E-state index is -4.35. The van der Waals surface area contributed by atoms with Crippen molar-refractivity contribution in [1.29, 1.82) is 0 Å². The number of nitrogens with two attached hydrogens (primary N) is 1. The first-order valence-corrected chi connectivity index (χ1v) is 5.91. The van der Waals surface area contributed by atoms with Crippen molar-refractivity contribution in [2.24, 2.45) is 11.7 Å². The zero-order valence-electron chi connectivity index (χ0n) is 10.8. The first kappa shape index (κ1) is 15.5. The molecule has 1 aromatic carbocycles. The van der Waals surface area contributed by atoms with Gasteiger partial charge in [-0.15, -0.1) is 0 Å². The molecule has 3 N–H and O–H groups in total. The van der Waals surface area contributed by atoms with Crippen LogP contribution in [0.3, 0.4) is 0 Å². The van der Waals surface area contributed by atoms with Crippen molar-refractivity contribution in [1.82, 2.24) is 5.32 Å². The molecule has 6 heteroatoms. The van der Waals surface area contributed by atoms with Gasteiger partial charge in [0.15, 0.2) is 0 Å². The van der Waals surface area contributed by atoms with E-state index in [2.05, 4.69) is 5.32 Å². The molecule has 1 atom stereocenters. The molecule has 0 radical (unpaired) electrons. The topological polar surface area (TPSA) is 55.1 Å². The highest BCUT2D eigenvalue weighted by Crippen LogP contribution is 2.28. The summed E-state index contributed by atoms with van der Waals surface area (Å²) < 4.78 is 37.0. The van der Waals surface area contributed by atoms with Gasteiger partial charge in [-0.05, 0) is 23.6 Å². The normalized spacial score (nSPS) is 13.4. The molecular weight excluding hydrogens is 257 g/mol. The number of halogens is 3. The van der Waals surface area contributed by atoms with E-state index in [-0.39, 0.29) is 18.4 Å². The van der Waals surface area contributed by atoms with Gasteiger partial charge >= 0.3 is 6.18 Å². The molecule has 0 saturated heterocycles. The lowest BCUT2D eigenvalue weighted by Crippen LogP contribution is -2.43. The highest BCUT2D eigenvalue weighted by atomic mass is 19.4. The smallest absolute Gasteiger partial charge is 0.351 e. The van der Waals surface area contributed by atoms with E-state index >= 15 is 0 Å². The largest absolute Gasteiger partial charge is 0.416 e. The highest BCUT2D eigenvalue weighted by molar-refractivity contribution is 5.81. The summed E-state index contributed by atoms with van der Waals surface area (Å²) in [6.45, 7) is 3.81. The van der Waals surface area contributed by atoms with E-state index in [1.807, 2.05) is 13.8 Å². The van der Waals surface area contributed by atoms with Crippen molar-refractivity contribution >= 4 is 5.91 Å². The number of hydrogen-bond donors (Lipinski definition) is 2. The van der Waals surface area contributed by atoms with Crippen LogP contribution in [0.1, 0.15) is 25.0 Å². The third-order valence-corrected chi connectivity index (χ3v) is 2.77. The number of benzene rings is 1. The molecule has 3 nitrogen and oxygen atoms in total. The molecule has 0 aromatic heterocycles. The summed E-state index contributed by atoms with van der Waals surface area (Å²) in [7, 11) is 0. The molecule has 0 unspecified atom stereocenters. The van der Waals surface area contributed by atoms with E-state index < -0.39 is 17.8 Å². The van der Waals surface area contributed by atoms with E-state index in [9.17, 15) is 18.0 Å². The molecule has 0 aliphatic rings. The van der Waals surface area contributed by atoms with Gasteiger partial charge in [0.05, 0.1) is 11.6 Å². The lowest BCUT2D eigenvalue weighted by atomic mass is 10.0. The van der Waals surface area contributed by atoms with Crippen LogP contribution in [-0.2, 0) is 17.5 Å². The van der Waals surface area contributed by atoms with Gasteiger partial charge in [0, 0.05) is 6.54 Å². The Morgan fingerprint density at radius 1 is 1.26 bits per heavy atom. The van der Waals surface area contributed by atoms with Crippen LogP contribution in [0.25, 0.3) is 0 Å². The Morgan fingerprint density at radius 3 is 2.21 bits per heavy atom. The molecule has 0 heterocycles. The molecule has 0 spiro atoms. The Balaban J connectivity index is 2.58. The van der Waals surface area contributed by atoms with Crippen LogP contribution in [0.15, 0.2) is 24.3 Å². The molecule has 1 amide bonds. The zero-order valence-corrected chi connectivity index (χ0v) is 10.8. The maximum atomic E-state index is 12.3. The Morgan fingerprint density at radius 2 is 1.79 bits per heavy atom. The van der Waals surface area contributed by atoms with Crippen molar-refractivity contribution in [3.8, 4) is 0 Å². The fourth-order valence-corrected chi connectivity index (χ4v) is 1.42. The Labute approximate surface area is 110 Å². The van der Waals surface area contributed by atoms with E-state index in [1.165, 1.54) is 12.1 Å². The second-order valence-corrected chi connectivity index (χ2v) is 4.68. The highest BCUT2D eigenvalue weighted by Gasteiger charge is 2.29. The van der Waals surface area contributed by atoms with Crippen molar-refractivity contribution < 1.29 is 18.0 Å². The van der Waals surface area contributed by atoms with Crippen molar-refractivity contribution in [3.63, 3.8) is 0 Å². The van der Waals surface area contributed by atoms with Crippen LogP contribution in [0.5, 0.6) is 0 Å². The monoisotopic (exact) mass is 274 g/mol. The fourth-order valence-electron chi connectivity index (χ4n) is 1.42. The number of carbonyl (C=O) groups excluding carboxylic acids is 1. The van der Waals surface area contributed by atoms with E-state index in [4.69, 9.17) is 5.73 Å². The summed E-state index contributed by atoms with van der Waals surface area (Å²) in [5, 5.41) is 2.59. The predicted octanol–water partition coefficient (Wildman–Crippen LogP) is 2.30. The number of carbonyl (C=O) groups is 1. The van der Waals surface area contributed by atoms with E-state index in [0.717, 1.165) is 12.1 Å². The van der Waals surface area contributed by atoms with Gasteiger partial charge in [0.2, 0.25) is 5.91 Å². The van der Waals surface area contributed by atoms with Crippen molar-refractivity contribution in [2.45, 2.75) is 32.6 Å². The first-order chi connectivity index (χ1) is 8.71. The van der Waals surface area contributed by atoms with Crippen LogP contribution in [-0.4, -0.2) is 11.9 Å². The molecule has 0 aliphatic heterocycles. The average Bonchev–Trinajstić information content (AvgIpc) is 2.34. The Bertz CT molecular complexity index is 427. The second kappa shape index (κ2) is 6.06. The maximum absolute atomic E-state index is 12.3. The van der Waals surface area contributed by atoms with Gasteiger partial charge in [-0.3, -0.25) is 4.79 Å². The molecule has 0 fully saturated rings. The van der Waals surface area contributed by atoms with Gasteiger partial charge in [-0.25, -0.2) is 0 Å². The maximum Gasteiger partial charge on any atom is 0.416 e. The van der Waals surface area contributed by atoms with Crippen LogP contribution in [0.2, 0.25) is 0 Å². The van der Waals surface area contributed by atoms with Gasteiger partial charge in [0.25, 0.3) is 0 Å². The Hall–Kier alpha value is -1.56. The number of nitrogens with one attached hydrogen (secondary N) is 1. The van der Waals surface area contributed by atoms with Crippen LogP contribution in [0.4, 0.5) is 13.2 Å². The molecule has 19 heavy (non-hydrogen) atoms. The van der Waals surface area contributed by atoms with Crippen molar-refractivity contribution in [3.05, 3.63) is 35.4 Å². The number of rotatable bonds is 4. The molecule has 1 rings (SSSR count). The minimum Gasteiger partial charge on any atom is -0.351 e. The summed E-state index contributed by atoms with van der Waals surface area (Å²) in [6.07, 6.45) is -4.35. The van der Waals surface area contributed by atoms with Gasteiger partial charge in [-0.2, -0.15) is 13.2 Å². The molecule has 1 aromatic rings. The number of alkyl halides is 3. The molecule has 0 bridgehead atoms. The van der Waals surface area contributed by atoms with Crippen molar-refractivity contribution in [2.75, 3.05) is 0 Å². The van der Waals surface area contributed by atoms with Crippen LogP contribution < -0.4 is 11.1 Å². The van der Waals surface area contributed by atoms with E-state index in [1.54, 1.807) is 0 Å². The quantitative estimate of drug-likeness (QED) is 0.885. The molecule has 106 valence electrons. The Kier molecular flexibility index (Phi) is 4.94. The van der Waals surface area contributed by atoms with Gasteiger partial charge < -0.3 is 11.1 Å². The minimum absolute atomic E-state index is 0.00704.